The van der Waals surface area contributed by atoms with Gasteiger partial charge >= 0.3 is 5.97 Å². The molecular formula is C20H24N4O4. The molecule has 0 bridgehead atoms. The molecule has 2 aromatic rings. The quantitative estimate of drug-likeness (QED) is 0.844. The predicted molar refractivity (Wildman–Crippen MR) is 102 cm³/mol. The fourth-order valence-corrected chi connectivity index (χ4v) is 3.46. The first-order chi connectivity index (χ1) is 13.4. The van der Waals surface area contributed by atoms with E-state index < -0.39 is 11.9 Å². The highest BCUT2D eigenvalue weighted by atomic mass is 16.4. The maximum atomic E-state index is 12.7. The number of piperidine rings is 1. The lowest BCUT2D eigenvalue weighted by atomic mass is 9.98. The zero-order chi connectivity index (χ0) is 20.3. The number of nitrogens with zero attached hydrogens (tertiary/aromatic N) is 4. The first-order valence-corrected chi connectivity index (χ1v) is 9.23. The Morgan fingerprint density at radius 2 is 2.11 bits per heavy atom. The number of carboxylic acid groups (broad SMARTS) is 1. The van der Waals surface area contributed by atoms with Gasteiger partial charge in [0.2, 0.25) is 5.91 Å². The summed E-state index contributed by atoms with van der Waals surface area (Å²) in [6.45, 7) is 2.56. The van der Waals surface area contributed by atoms with Gasteiger partial charge in [0, 0.05) is 38.1 Å². The van der Waals surface area contributed by atoms with Gasteiger partial charge in [0.25, 0.3) is 5.91 Å². The summed E-state index contributed by atoms with van der Waals surface area (Å²) in [7, 11) is 1.58. The van der Waals surface area contributed by atoms with Crippen molar-refractivity contribution < 1.29 is 19.5 Å². The van der Waals surface area contributed by atoms with E-state index in [4.69, 9.17) is 5.11 Å². The Kier molecular flexibility index (Phi) is 5.77. The number of aliphatic carboxylic acids is 1. The Morgan fingerprint density at radius 3 is 2.75 bits per heavy atom. The summed E-state index contributed by atoms with van der Waals surface area (Å²) >= 11 is 0. The van der Waals surface area contributed by atoms with Gasteiger partial charge in [0.05, 0.1) is 18.2 Å². The minimum atomic E-state index is -0.880. The maximum Gasteiger partial charge on any atom is 0.308 e. The van der Waals surface area contributed by atoms with Gasteiger partial charge in [-0.2, -0.15) is 5.10 Å². The Morgan fingerprint density at radius 1 is 1.32 bits per heavy atom. The number of carbonyl (C=O) groups is 3. The van der Waals surface area contributed by atoms with Gasteiger partial charge < -0.3 is 14.9 Å². The number of benzene rings is 1. The molecule has 1 aliphatic heterocycles. The van der Waals surface area contributed by atoms with Crippen LogP contribution in [0.1, 0.15) is 28.8 Å². The summed E-state index contributed by atoms with van der Waals surface area (Å²) in [5.74, 6) is -1.90. The van der Waals surface area contributed by atoms with Crippen molar-refractivity contribution in [2.75, 3.05) is 26.7 Å². The second-order valence-electron chi connectivity index (χ2n) is 7.13. The number of carboxylic acids is 1. The van der Waals surface area contributed by atoms with E-state index in [9.17, 15) is 14.4 Å². The van der Waals surface area contributed by atoms with Crippen molar-refractivity contribution in [3.8, 4) is 5.69 Å². The van der Waals surface area contributed by atoms with Crippen molar-refractivity contribution in [2.24, 2.45) is 5.92 Å². The molecule has 8 nitrogen and oxygen atoms in total. The second kappa shape index (κ2) is 8.24. The molecule has 1 atom stereocenters. The van der Waals surface area contributed by atoms with E-state index >= 15 is 0 Å². The van der Waals surface area contributed by atoms with Gasteiger partial charge in [-0.1, -0.05) is 0 Å². The average Bonchev–Trinajstić information content (AvgIpc) is 3.21. The molecule has 0 radical (unpaired) electrons. The monoisotopic (exact) mass is 384 g/mol. The molecule has 1 aromatic carbocycles. The van der Waals surface area contributed by atoms with Crippen LogP contribution in [0.15, 0.2) is 36.7 Å². The van der Waals surface area contributed by atoms with Crippen LogP contribution in [0, 0.1) is 12.8 Å². The van der Waals surface area contributed by atoms with Crippen molar-refractivity contribution in [3.05, 3.63) is 47.8 Å². The number of aromatic nitrogens is 2. The lowest BCUT2D eigenvalue weighted by Crippen LogP contribution is -2.46. The first-order valence-electron chi connectivity index (χ1n) is 9.23. The van der Waals surface area contributed by atoms with Gasteiger partial charge in [0.1, 0.15) is 0 Å². The van der Waals surface area contributed by atoms with Crippen LogP contribution in [-0.4, -0.2) is 69.2 Å². The molecule has 1 aromatic heterocycles. The summed E-state index contributed by atoms with van der Waals surface area (Å²) in [6.07, 6.45) is 4.76. The maximum absolute atomic E-state index is 12.7. The van der Waals surface area contributed by atoms with E-state index in [1.807, 2.05) is 25.3 Å². The molecule has 0 aliphatic carbocycles. The zero-order valence-corrected chi connectivity index (χ0v) is 16.0. The van der Waals surface area contributed by atoms with Crippen LogP contribution >= 0.6 is 0 Å². The lowest BCUT2D eigenvalue weighted by Gasteiger charge is -2.32. The summed E-state index contributed by atoms with van der Waals surface area (Å²) < 4.78 is 1.73. The van der Waals surface area contributed by atoms with Crippen LogP contribution in [-0.2, 0) is 9.59 Å². The Balaban J connectivity index is 1.65. The largest absolute Gasteiger partial charge is 0.481 e. The average molecular weight is 384 g/mol. The van der Waals surface area contributed by atoms with Gasteiger partial charge in [-0.15, -0.1) is 0 Å². The molecule has 2 amide bonds. The highest BCUT2D eigenvalue weighted by molar-refractivity contribution is 5.96. The minimum absolute atomic E-state index is 0.0782. The van der Waals surface area contributed by atoms with Gasteiger partial charge in [-0.3, -0.25) is 14.4 Å². The van der Waals surface area contributed by atoms with E-state index in [0.29, 0.717) is 24.9 Å². The van der Waals surface area contributed by atoms with Crippen molar-refractivity contribution >= 4 is 17.8 Å². The van der Waals surface area contributed by atoms with Crippen LogP contribution in [0.4, 0.5) is 0 Å². The highest BCUT2D eigenvalue weighted by Gasteiger charge is 2.29. The number of rotatable bonds is 5. The number of carbonyl (C=O) groups excluding carboxylic acids is 2. The fraction of sp³-hybridized carbons (Fsp3) is 0.400. The molecule has 1 aliphatic rings. The Hall–Kier alpha value is -3.16. The molecular weight excluding hydrogens is 360 g/mol. The number of aryl methyl sites for hydroxylation is 1. The highest BCUT2D eigenvalue weighted by Crippen LogP contribution is 2.18. The summed E-state index contributed by atoms with van der Waals surface area (Å²) in [4.78, 5) is 39.3. The van der Waals surface area contributed by atoms with Crippen LogP contribution < -0.4 is 0 Å². The second-order valence-corrected chi connectivity index (χ2v) is 7.13. The summed E-state index contributed by atoms with van der Waals surface area (Å²) in [5.41, 5.74) is 2.27. The number of likely N-dealkylation sites (tertiary alicyclic amines) is 1. The summed E-state index contributed by atoms with van der Waals surface area (Å²) in [6, 6.07) is 7.15. The molecule has 28 heavy (non-hydrogen) atoms. The topological polar surface area (TPSA) is 95.7 Å². The fourth-order valence-electron chi connectivity index (χ4n) is 3.46. The van der Waals surface area contributed by atoms with E-state index in [-0.39, 0.29) is 24.9 Å². The minimum Gasteiger partial charge on any atom is -0.481 e. The third-order valence-electron chi connectivity index (χ3n) is 5.04. The molecule has 1 fully saturated rings. The molecule has 148 valence electrons. The van der Waals surface area contributed by atoms with E-state index in [1.54, 1.807) is 30.1 Å². The Bertz CT molecular complexity index is 878. The molecule has 1 saturated heterocycles. The summed E-state index contributed by atoms with van der Waals surface area (Å²) in [5, 5.41) is 13.4. The predicted octanol–water partition coefficient (Wildman–Crippen LogP) is 1.58. The number of likely N-dealkylation sites (N-methyl/N-ethyl adjacent to an activating group) is 1. The number of amides is 2. The van der Waals surface area contributed by atoms with E-state index in [2.05, 4.69) is 5.10 Å². The smallest absolute Gasteiger partial charge is 0.308 e. The van der Waals surface area contributed by atoms with E-state index in [0.717, 1.165) is 11.3 Å². The van der Waals surface area contributed by atoms with Crippen molar-refractivity contribution in [1.82, 2.24) is 19.6 Å². The molecule has 1 unspecified atom stereocenters. The molecule has 8 heteroatoms. The van der Waals surface area contributed by atoms with Crippen molar-refractivity contribution in [3.63, 3.8) is 0 Å². The van der Waals surface area contributed by atoms with Gasteiger partial charge in [-0.25, -0.2) is 4.68 Å². The molecule has 3 rings (SSSR count). The van der Waals surface area contributed by atoms with Crippen molar-refractivity contribution in [1.29, 1.82) is 0 Å². The molecule has 1 N–H and O–H groups in total. The van der Waals surface area contributed by atoms with Gasteiger partial charge in [0.15, 0.2) is 0 Å². The number of hydrogen-bond acceptors (Lipinski definition) is 4. The van der Waals surface area contributed by atoms with Crippen LogP contribution in [0.3, 0.4) is 0 Å². The van der Waals surface area contributed by atoms with Crippen LogP contribution in [0.2, 0.25) is 0 Å². The normalized spacial score (nSPS) is 16.6. The lowest BCUT2D eigenvalue weighted by molar-refractivity contribution is -0.145. The van der Waals surface area contributed by atoms with Gasteiger partial charge in [-0.05, 0) is 49.6 Å². The standard InChI is InChI=1S/C20H24N4O4/c1-14-11-15(6-7-17(14)24-10-4-8-21-24)19(26)22(2)13-18(25)23-9-3-5-16(12-23)20(27)28/h4,6-8,10-11,16H,3,5,9,12-13H2,1-2H3,(H,27,28). The molecule has 2 heterocycles. The molecule has 0 saturated carbocycles. The van der Waals surface area contributed by atoms with Crippen LogP contribution in [0.25, 0.3) is 5.69 Å². The third-order valence-corrected chi connectivity index (χ3v) is 5.04. The number of hydrogen-bond donors (Lipinski definition) is 1. The zero-order valence-electron chi connectivity index (χ0n) is 16.0. The van der Waals surface area contributed by atoms with Crippen LogP contribution in [0.5, 0.6) is 0 Å². The Labute approximate surface area is 163 Å². The first kappa shape index (κ1) is 19.6. The van der Waals surface area contributed by atoms with Crippen molar-refractivity contribution in [2.45, 2.75) is 19.8 Å². The molecule has 0 spiro atoms. The third kappa shape index (κ3) is 4.21. The van der Waals surface area contributed by atoms with E-state index in [1.165, 1.54) is 9.80 Å². The SMILES string of the molecule is Cc1cc(C(=O)N(C)CC(=O)N2CCCC(C(=O)O)C2)ccc1-n1cccn1.